The molecule has 3 rings (SSSR count). The molecule has 0 aliphatic carbocycles. The van der Waals surface area contributed by atoms with E-state index in [1.54, 1.807) is 7.11 Å². The summed E-state index contributed by atoms with van der Waals surface area (Å²) in [5.41, 5.74) is 7.15. The molecule has 2 saturated heterocycles. The van der Waals surface area contributed by atoms with Crippen LogP contribution in [0.2, 0.25) is 0 Å². The summed E-state index contributed by atoms with van der Waals surface area (Å²) in [4.78, 5) is 17.2. The molecule has 2 fully saturated rings. The third-order valence-electron chi connectivity index (χ3n) is 5.34. The van der Waals surface area contributed by atoms with Crippen LogP contribution in [-0.2, 0) is 4.79 Å². The molecule has 2 unspecified atom stereocenters. The van der Waals surface area contributed by atoms with Gasteiger partial charge in [0.05, 0.1) is 18.8 Å². The van der Waals surface area contributed by atoms with Gasteiger partial charge in [-0.15, -0.1) is 0 Å². The van der Waals surface area contributed by atoms with Crippen LogP contribution in [0.1, 0.15) is 26.7 Å². The van der Waals surface area contributed by atoms with Crippen LogP contribution in [0, 0.1) is 5.41 Å². The summed E-state index contributed by atoms with van der Waals surface area (Å²) >= 11 is 0. The topological polar surface area (TPSA) is 58.8 Å². The number of nitrogens with two attached hydrogens (primary N) is 1. The van der Waals surface area contributed by atoms with Gasteiger partial charge in [0.1, 0.15) is 5.75 Å². The zero-order valence-corrected chi connectivity index (χ0v) is 14.3. The number of nitrogens with zero attached hydrogens (tertiary/aromatic N) is 2. The van der Waals surface area contributed by atoms with E-state index in [2.05, 4.69) is 18.7 Å². The van der Waals surface area contributed by atoms with E-state index in [1.165, 1.54) is 0 Å². The van der Waals surface area contributed by atoms with Crippen molar-refractivity contribution in [2.45, 2.75) is 38.8 Å². The van der Waals surface area contributed by atoms with Crippen molar-refractivity contribution < 1.29 is 9.53 Å². The van der Waals surface area contributed by atoms with Gasteiger partial charge in [-0.2, -0.15) is 0 Å². The maximum Gasteiger partial charge on any atom is 0.244 e. The minimum Gasteiger partial charge on any atom is -0.495 e. The fourth-order valence-corrected chi connectivity index (χ4v) is 3.78. The number of rotatable bonds is 3. The van der Waals surface area contributed by atoms with E-state index in [0.29, 0.717) is 0 Å². The van der Waals surface area contributed by atoms with Gasteiger partial charge in [0.15, 0.2) is 0 Å². The van der Waals surface area contributed by atoms with Gasteiger partial charge in [-0.05, 0) is 30.4 Å². The summed E-state index contributed by atoms with van der Waals surface area (Å²) in [6.45, 7) is 6.92. The highest BCUT2D eigenvalue weighted by Crippen LogP contribution is 2.35. The minimum atomic E-state index is -0.0355. The molecule has 1 amide bonds. The van der Waals surface area contributed by atoms with Crippen LogP contribution in [0.3, 0.4) is 0 Å². The molecule has 5 heteroatoms. The third kappa shape index (κ3) is 2.95. The van der Waals surface area contributed by atoms with Crippen LogP contribution in [0.4, 0.5) is 5.69 Å². The van der Waals surface area contributed by atoms with Gasteiger partial charge < -0.3 is 15.4 Å². The molecule has 23 heavy (non-hydrogen) atoms. The molecule has 0 spiro atoms. The number of methoxy groups -OCH3 is 1. The first-order chi connectivity index (χ1) is 10.9. The molecule has 5 nitrogen and oxygen atoms in total. The van der Waals surface area contributed by atoms with E-state index in [-0.39, 0.29) is 23.4 Å². The monoisotopic (exact) mass is 317 g/mol. The second kappa shape index (κ2) is 6.13. The number of amides is 1. The van der Waals surface area contributed by atoms with Gasteiger partial charge in [-0.25, -0.2) is 0 Å². The fraction of sp³-hybridized carbons (Fsp3) is 0.611. The van der Waals surface area contributed by atoms with E-state index in [1.807, 2.05) is 29.2 Å². The Labute approximate surface area is 138 Å². The van der Waals surface area contributed by atoms with Gasteiger partial charge in [0.25, 0.3) is 0 Å². The first-order valence-electron chi connectivity index (χ1n) is 8.38. The summed E-state index contributed by atoms with van der Waals surface area (Å²) < 4.78 is 5.41. The number of carbonyl (C=O) groups is 1. The van der Waals surface area contributed by atoms with Crippen molar-refractivity contribution in [2.24, 2.45) is 11.1 Å². The number of hydrogen-bond acceptors (Lipinski definition) is 4. The van der Waals surface area contributed by atoms with Crippen molar-refractivity contribution in [3.8, 4) is 5.75 Å². The quantitative estimate of drug-likeness (QED) is 0.924. The molecule has 2 aliphatic heterocycles. The molecule has 2 N–H and O–H groups in total. The lowest BCUT2D eigenvalue weighted by atomic mass is 9.79. The molecule has 0 radical (unpaired) electrons. The molecule has 1 aromatic carbocycles. The van der Waals surface area contributed by atoms with Crippen molar-refractivity contribution in [1.29, 1.82) is 0 Å². The maximum absolute atomic E-state index is 13.0. The Hall–Kier alpha value is -1.59. The molecule has 0 bridgehead atoms. The van der Waals surface area contributed by atoms with Crippen molar-refractivity contribution in [2.75, 3.05) is 31.6 Å². The van der Waals surface area contributed by atoms with Gasteiger partial charge >= 0.3 is 0 Å². The smallest absolute Gasteiger partial charge is 0.244 e. The number of benzene rings is 1. The first-order valence-corrected chi connectivity index (χ1v) is 8.38. The lowest BCUT2D eigenvalue weighted by molar-refractivity contribution is -0.122. The average molecular weight is 317 g/mol. The third-order valence-corrected chi connectivity index (χ3v) is 5.34. The van der Waals surface area contributed by atoms with Gasteiger partial charge in [-0.1, -0.05) is 26.0 Å². The predicted octanol–water partition coefficient (Wildman–Crippen LogP) is 1.86. The molecule has 2 heterocycles. The van der Waals surface area contributed by atoms with Gasteiger partial charge in [0, 0.05) is 25.7 Å². The van der Waals surface area contributed by atoms with E-state index < -0.39 is 0 Å². The fourth-order valence-electron chi connectivity index (χ4n) is 3.78. The van der Waals surface area contributed by atoms with E-state index in [0.717, 1.165) is 43.9 Å². The minimum absolute atomic E-state index is 0.0355. The SMILES string of the molecule is COc1ccccc1N1CCC(N2CCC(N)C(C)(C)C2)C1=O. The number of likely N-dealkylation sites (tertiary alicyclic amines) is 1. The molecule has 2 atom stereocenters. The molecule has 0 saturated carbocycles. The van der Waals surface area contributed by atoms with Crippen molar-refractivity contribution in [1.82, 2.24) is 4.90 Å². The molecule has 2 aliphatic rings. The van der Waals surface area contributed by atoms with Crippen molar-refractivity contribution in [3.63, 3.8) is 0 Å². The first kappa shape index (κ1) is 16.3. The van der Waals surface area contributed by atoms with Gasteiger partial charge in [-0.3, -0.25) is 9.69 Å². The zero-order chi connectivity index (χ0) is 16.6. The second-order valence-corrected chi connectivity index (χ2v) is 7.32. The summed E-state index contributed by atoms with van der Waals surface area (Å²) in [6, 6.07) is 7.90. The number of piperidine rings is 1. The highest BCUT2D eigenvalue weighted by Gasteiger charge is 2.42. The Morgan fingerprint density at radius 2 is 1.96 bits per heavy atom. The van der Waals surface area contributed by atoms with Crippen LogP contribution in [-0.4, -0.2) is 49.6 Å². The molecular formula is C18H27N3O2. The van der Waals surface area contributed by atoms with E-state index >= 15 is 0 Å². The predicted molar refractivity (Wildman–Crippen MR) is 91.7 cm³/mol. The number of anilines is 1. The number of para-hydroxylation sites is 2. The zero-order valence-electron chi connectivity index (χ0n) is 14.3. The summed E-state index contributed by atoms with van der Waals surface area (Å²) in [5, 5.41) is 0. The Bertz CT molecular complexity index is 587. The lowest BCUT2D eigenvalue weighted by Crippen LogP contribution is -2.56. The highest BCUT2D eigenvalue weighted by atomic mass is 16.5. The largest absolute Gasteiger partial charge is 0.495 e. The van der Waals surface area contributed by atoms with Gasteiger partial charge in [0.2, 0.25) is 5.91 Å². The average Bonchev–Trinajstić information content (AvgIpc) is 2.91. The normalized spacial score (nSPS) is 28.2. The molecule has 1 aromatic rings. The van der Waals surface area contributed by atoms with Crippen LogP contribution < -0.4 is 15.4 Å². The van der Waals surface area contributed by atoms with Crippen molar-refractivity contribution >= 4 is 11.6 Å². The van der Waals surface area contributed by atoms with E-state index in [9.17, 15) is 4.79 Å². The summed E-state index contributed by atoms with van der Waals surface area (Å²) in [7, 11) is 1.64. The Balaban J connectivity index is 1.77. The van der Waals surface area contributed by atoms with Crippen LogP contribution in [0.15, 0.2) is 24.3 Å². The molecule has 126 valence electrons. The lowest BCUT2D eigenvalue weighted by Gasteiger charge is -2.44. The maximum atomic E-state index is 13.0. The number of ether oxygens (including phenoxy) is 1. The van der Waals surface area contributed by atoms with Crippen LogP contribution in [0.5, 0.6) is 5.75 Å². The second-order valence-electron chi connectivity index (χ2n) is 7.32. The van der Waals surface area contributed by atoms with Crippen LogP contribution >= 0.6 is 0 Å². The number of hydrogen-bond donors (Lipinski definition) is 1. The molecular weight excluding hydrogens is 290 g/mol. The Morgan fingerprint density at radius 1 is 1.22 bits per heavy atom. The Kier molecular flexibility index (Phi) is 4.34. The summed E-state index contributed by atoms with van der Waals surface area (Å²) in [6.07, 6.45) is 1.81. The standard InChI is InChI=1S/C18H27N3O2/c1-18(2)12-20(10-9-16(18)19)14-8-11-21(17(14)22)13-6-4-5-7-15(13)23-3/h4-7,14,16H,8-12,19H2,1-3H3. The Morgan fingerprint density at radius 3 is 2.65 bits per heavy atom. The van der Waals surface area contributed by atoms with Crippen LogP contribution in [0.25, 0.3) is 0 Å². The highest BCUT2D eigenvalue weighted by molar-refractivity contribution is 6.00. The summed E-state index contributed by atoms with van der Waals surface area (Å²) in [5.74, 6) is 0.934. The molecule has 0 aromatic heterocycles. The van der Waals surface area contributed by atoms with Crippen molar-refractivity contribution in [3.05, 3.63) is 24.3 Å². The number of carbonyl (C=O) groups excluding carboxylic acids is 1. The van der Waals surface area contributed by atoms with E-state index in [4.69, 9.17) is 10.5 Å².